The van der Waals surface area contributed by atoms with Crippen LogP contribution in [0.2, 0.25) is 5.02 Å². The predicted octanol–water partition coefficient (Wildman–Crippen LogP) is 4.55. The number of hydrogen-bond acceptors (Lipinski definition) is 3. The maximum atomic E-state index is 13.4. The zero-order valence-electron chi connectivity index (χ0n) is 13.8. The largest absolute Gasteiger partial charge is 0.338 e. The molecule has 1 aromatic heterocycles. The first-order valence-electron chi connectivity index (χ1n) is 7.43. The van der Waals surface area contributed by atoms with E-state index in [1.54, 1.807) is 24.4 Å². The first-order valence-corrected chi connectivity index (χ1v) is 10.0. The van der Waals surface area contributed by atoms with E-state index in [-0.39, 0.29) is 15.7 Å². The summed E-state index contributed by atoms with van der Waals surface area (Å²) in [6.07, 6.45) is 1.60. The molecule has 0 spiro atoms. The molecule has 2 aromatic carbocycles. The fourth-order valence-electron chi connectivity index (χ4n) is 2.32. The molecule has 0 aliphatic rings. The van der Waals surface area contributed by atoms with E-state index in [0.29, 0.717) is 21.6 Å². The van der Waals surface area contributed by atoms with Gasteiger partial charge in [0.2, 0.25) is 10.0 Å². The minimum atomic E-state index is -3.68. The van der Waals surface area contributed by atoms with Crippen molar-refractivity contribution in [3.05, 3.63) is 57.9 Å². The number of rotatable bonds is 4. The van der Waals surface area contributed by atoms with Crippen molar-refractivity contribution >= 4 is 37.6 Å². The SMILES string of the molecule is CN(C)S(=O)(=O)c1cc(-c2ncc(-c3ccc(F)c(Br)c3)[nH]2)ccc1Cl. The number of benzene rings is 2. The van der Waals surface area contributed by atoms with Crippen molar-refractivity contribution < 1.29 is 12.8 Å². The Balaban J connectivity index is 2.03. The summed E-state index contributed by atoms with van der Waals surface area (Å²) >= 11 is 9.22. The number of sulfonamides is 1. The summed E-state index contributed by atoms with van der Waals surface area (Å²) in [5, 5.41) is 0.136. The molecule has 9 heteroatoms. The third kappa shape index (κ3) is 3.55. The van der Waals surface area contributed by atoms with Crippen LogP contribution in [0.15, 0.2) is 52.0 Å². The Kier molecular flexibility index (Phi) is 5.21. The summed E-state index contributed by atoms with van der Waals surface area (Å²) in [6.45, 7) is 0. The van der Waals surface area contributed by atoms with Gasteiger partial charge in [-0.25, -0.2) is 22.1 Å². The zero-order chi connectivity index (χ0) is 19.1. The Bertz CT molecular complexity index is 1080. The Labute approximate surface area is 164 Å². The number of nitrogens with zero attached hydrogens (tertiary/aromatic N) is 2. The van der Waals surface area contributed by atoms with Crippen molar-refractivity contribution in [1.29, 1.82) is 0 Å². The van der Waals surface area contributed by atoms with Crippen LogP contribution in [0.3, 0.4) is 0 Å². The highest BCUT2D eigenvalue weighted by Crippen LogP contribution is 2.30. The number of hydrogen-bond donors (Lipinski definition) is 1. The lowest BCUT2D eigenvalue weighted by Gasteiger charge is -2.13. The standard InChI is InChI=1S/C17H14BrClFN3O2S/c1-23(2)26(24,25)16-8-11(3-5-13(16)19)17-21-9-15(22-17)10-4-6-14(20)12(18)7-10/h3-9H,1-2H3,(H,21,22). The Morgan fingerprint density at radius 2 is 1.85 bits per heavy atom. The molecule has 5 nitrogen and oxygen atoms in total. The van der Waals surface area contributed by atoms with Crippen LogP contribution in [-0.2, 0) is 10.0 Å². The van der Waals surface area contributed by atoms with Gasteiger partial charge in [0.05, 0.1) is 21.4 Å². The number of imidazole rings is 1. The highest BCUT2D eigenvalue weighted by atomic mass is 79.9. The van der Waals surface area contributed by atoms with Crippen LogP contribution < -0.4 is 0 Å². The number of halogens is 3. The minimum Gasteiger partial charge on any atom is -0.338 e. The molecule has 0 amide bonds. The summed E-state index contributed by atoms with van der Waals surface area (Å²) < 4.78 is 39.6. The number of H-pyrrole nitrogens is 1. The second-order valence-corrected chi connectivity index (χ2v) is 9.09. The Morgan fingerprint density at radius 1 is 1.15 bits per heavy atom. The van der Waals surface area contributed by atoms with E-state index in [4.69, 9.17) is 11.6 Å². The number of aromatic amines is 1. The average molecular weight is 459 g/mol. The molecule has 3 rings (SSSR count). The van der Waals surface area contributed by atoms with Crippen LogP contribution in [0.1, 0.15) is 0 Å². The van der Waals surface area contributed by atoms with E-state index in [9.17, 15) is 12.8 Å². The molecule has 136 valence electrons. The van der Waals surface area contributed by atoms with Gasteiger partial charge in [-0.3, -0.25) is 0 Å². The van der Waals surface area contributed by atoms with Crippen molar-refractivity contribution in [2.75, 3.05) is 14.1 Å². The van der Waals surface area contributed by atoms with E-state index in [1.165, 1.54) is 32.3 Å². The first-order chi connectivity index (χ1) is 12.2. The lowest BCUT2D eigenvalue weighted by atomic mass is 10.2. The van der Waals surface area contributed by atoms with Crippen LogP contribution in [-0.4, -0.2) is 36.8 Å². The van der Waals surface area contributed by atoms with Crippen molar-refractivity contribution in [3.63, 3.8) is 0 Å². The van der Waals surface area contributed by atoms with Gasteiger partial charge in [0.1, 0.15) is 16.5 Å². The molecule has 0 radical (unpaired) electrons. The highest BCUT2D eigenvalue weighted by Gasteiger charge is 2.22. The summed E-state index contributed by atoms with van der Waals surface area (Å²) in [5.41, 5.74) is 1.99. The average Bonchev–Trinajstić information content (AvgIpc) is 3.07. The molecule has 0 saturated heterocycles. The van der Waals surface area contributed by atoms with E-state index in [2.05, 4.69) is 25.9 Å². The summed E-state index contributed by atoms with van der Waals surface area (Å²) in [5.74, 6) is 0.122. The molecule has 1 heterocycles. The molecular weight excluding hydrogens is 445 g/mol. The fourth-order valence-corrected chi connectivity index (χ4v) is 4.10. The second kappa shape index (κ2) is 7.11. The molecule has 26 heavy (non-hydrogen) atoms. The maximum absolute atomic E-state index is 13.4. The normalized spacial score (nSPS) is 11.9. The van der Waals surface area contributed by atoms with Gasteiger partial charge in [0.15, 0.2) is 0 Å². The van der Waals surface area contributed by atoms with Crippen LogP contribution in [0.5, 0.6) is 0 Å². The van der Waals surface area contributed by atoms with Crippen molar-refractivity contribution in [2.45, 2.75) is 4.90 Å². The van der Waals surface area contributed by atoms with Gasteiger partial charge < -0.3 is 4.98 Å². The summed E-state index contributed by atoms with van der Waals surface area (Å²) in [7, 11) is -0.802. The van der Waals surface area contributed by atoms with Crippen LogP contribution in [0.4, 0.5) is 4.39 Å². The van der Waals surface area contributed by atoms with Gasteiger partial charge in [-0.15, -0.1) is 0 Å². The fraction of sp³-hybridized carbons (Fsp3) is 0.118. The third-order valence-electron chi connectivity index (χ3n) is 3.77. The third-order valence-corrected chi connectivity index (χ3v) is 6.67. The number of aromatic nitrogens is 2. The molecular formula is C17H14BrClFN3O2S. The molecule has 0 saturated carbocycles. The monoisotopic (exact) mass is 457 g/mol. The topological polar surface area (TPSA) is 66.1 Å². The van der Waals surface area contributed by atoms with Crippen LogP contribution in [0.25, 0.3) is 22.6 Å². The van der Waals surface area contributed by atoms with Crippen LogP contribution >= 0.6 is 27.5 Å². The number of nitrogens with one attached hydrogen (secondary N) is 1. The molecule has 0 aliphatic heterocycles. The molecule has 0 aliphatic carbocycles. The van der Waals surface area contributed by atoms with Gasteiger partial charge in [0.25, 0.3) is 0 Å². The lowest BCUT2D eigenvalue weighted by molar-refractivity contribution is 0.521. The van der Waals surface area contributed by atoms with Crippen molar-refractivity contribution in [2.24, 2.45) is 0 Å². The molecule has 0 atom stereocenters. The van der Waals surface area contributed by atoms with E-state index in [1.807, 2.05) is 0 Å². The van der Waals surface area contributed by atoms with E-state index in [0.717, 1.165) is 9.87 Å². The van der Waals surface area contributed by atoms with Gasteiger partial charge in [-0.1, -0.05) is 11.6 Å². The first kappa shape index (κ1) is 19.0. The quantitative estimate of drug-likeness (QED) is 0.624. The second-order valence-electron chi connectivity index (χ2n) is 5.71. The van der Waals surface area contributed by atoms with Gasteiger partial charge in [-0.05, 0) is 52.3 Å². The van der Waals surface area contributed by atoms with Gasteiger partial charge >= 0.3 is 0 Å². The highest BCUT2D eigenvalue weighted by molar-refractivity contribution is 9.10. The lowest BCUT2D eigenvalue weighted by Crippen LogP contribution is -2.22. The smallest absolute Gasteiger partial charge is 0.244 e. The molecule has 3 aromatic rings. The summed E-state index contributed by atoms with van der Waals surface area (Å²) in [4.78, 5) is 7.41. The van der Waals surface area contributed by atoms with E-state index >= 15 is 0 Å². The zero-order valence-corrected chi connectivity index (χ0v) is 17.0. The van der Waals surface area contributed by atoms with E-state index < -0.39 is 10.0 Å². The molecule has 0 fully saturated rings. The maximum Gasteiger partial charge on any atom is 0.244 e. The summed E-state index contributed by atoms with van der Waals surface area (Å²) in [6, 6.07) is 9.28. The van der Waals surface area contributed by atoms with Gasteiger partial charge in [-0.2, -0.15) is 0 Å². The minimum absolute atomic E-state index is 0.00384. The Morgan fingerprint density at radius 3 is 2.50 bits per heavy atom. The predicted molar refractivity (Wildman–Crippen MR) is 103 cm³/mol. The molecule has 1 N–H and O–H groups in total. The Hall–Kier alpha value is -1.74. The van der Waals surface area contributed by atoms with Crippen molar-refractivity contribution in [1.82, 2.24) is 14.3 Å². The van der Waals surface area contributed by atoms with Crippen molar-refractivity contribution in [3.8, 4) is 22.6 Å². The van der Waals surface area contributed by atoms with Crippen LogP contribution in [0, 0.1) is 5.82 Å². The van der Waals surface area contributed by atoms with Gasteiger partial charge in [0, 0.05) is 25.2 Å². The molecule has 0 unspecified atom stereocenters. The molecule has 0 bridgehead atoms.